The number of carbonyl (C=O) groups excluding carboxylic acids is 1. The first-order chi connectivity index (χ1) is 14.5. The number of amides is 1. The van der Waals surface area contributed by atoms with Gasteiger partial charge in [-0.05, 0) is 61.3 Å². The van der Waals surface area contributed by atoms with E-state index in [1.807, 2.05) is 18.2 Å². The number of nitrogens with two attached hydrogens (primary N) is 2. The summed E-state index contributed by atoms with van der Waals surface area (Å²) in [5.41, 5.74) is 15.0. The zero-order valence-corrected chi connectivity index (χ0v) is 16.8. The number of hydrogen-bond acceptors (Lipinski definition) is 7. The van der Waals surface area contributed by atoms with Gasteiger partial charge in [-0.2, -0.15) is 0 Å². The molecule has 3 aliphatic rings. The van der Waals surface area contributed by atoms with Crippen LogP contribution in [0.1, 0.15) is 48.2 Å². The van der Waals surface area contributed by atoms with Gasteiger partial charge < -0.3 is 27.4 Å². The van der Waals surface area contributed by atoms with E-state index in [0.29, 0.717) is 29.1 Å². The molecule has 0 radical (unpaired) electrons. The Kier molecular flexibility index (Phi) is 4.58. The molecule has 1 aliphatic heterocycles. The van der Waals surface area contributed by atoms with E-state index in [0.717, 1.165) is 55.6 Å². The van der Waals surface area contributed by atoms with Crippen LogP contribution in [0, 0.1) is 5.41 Å². The molecule has 1 amide bonds. The van der Waals surface area contributed by atoms with Crippen LogP contribution in [0.15, 0.2) is 30.5 Å². The first kappa shape index (κ1) is 18.9. The normalized spacial score (nSPS) is 26.6. The Morgan fingerprint density at radius 2 is 2.10 bits per heavy atom. The molecule has 1 spiro atoms. The van der Waals surface area contributed by atoms with Gasteiger partial charge in [0.2, 0.25) is 0 Å². The Morgan fingerprint density at radius 3 is 2.90 bits per heavy atom. The topological polar surface area (TPSA) is 131 Å². The van der Waals surface area contributed by atoms with E-state index in [9.17, 15) is 4.79 Å². The van der Waals surface area contributed by atoms with Gasteiger partial charge in [0.15, 0.2) is 11.5 Å². The van der Waals surface area contributed by atoms with E-state index in [1.165, 1.54) is 0 Å². The summed E-state index contributed by atoms with van der Waals surface area (Å²) < 4.78 is 0. The van der Waals surface area contributed by atoms with Crippen molar-refractivity contribution in [2.75, 3.05) is 22.5 Å². The van der Waals surface area contributed by atoms with Gasteiger partial charge in [-0.1, -0.05) is 12.2 Å². The molecule has 2 heterocycles. The van der Waals surface area contributed by atoms with Crippen molar-refractivity contribution < 1.29 is 4.79 Å². The molecule has 2 aromatic rings. The lowest BCUT2D eigenvalue weighted by atomic mass is 9.83. The number of hydrogen-bond donors (Lipinski definition) is 5. The van der Waals surface area contributed by atoms with Crippen molar-refractivity contribution in [1.82, 2.24) is 9.97 Å². The van der Waals surface area contributed by atoms with Crippen molar-refractivity contribution in [1.29, 1.82) is 0 Å². The number of benzene rings is 1. The summed E-state index contributed by atoms with van der Waals surface area (Å²) in [6, 6.07) is 6.67. The second kappa shape index (κ2) is 7.28. The number of anilines is 4. The molecule has 8 nitrogen and oxygen atoms in total. The predicted octanol–water partition coefficient (Wildman–Crippen LogP) is 2.83. The van der Waals surface area contributed by atoms with Crippen molar-refractivity contribution in [3.8, 4) is 0 Å². The molecule has 1 aromatic carbocycles. The third kappa shape index (κ3) is 3.59. The summed E-state index contributed by atoms with van der Waals surface area (Å²) >= 11 is 0. The third-order valence-electron chi connectivity index (χ3n) is 6.57. The van der Waals surface area contributed by atoms with Crippen molar-refractivity contribution in [3.63, 3.8) is 0 Å². The first-order valence-electron chi connectivity index (χ1n) is 10.5. The smallest absolute Gasteiger partial charge is 0.271 e. The number of aromatic nitrogens is 2. The van der Waals surface area contributed by atoms with Crippen LogP contribution in [0.4, 0.5) is 23.0 Å². The molecule has 1 aromatic heterocycles. The third-order valence-corrected chi connectivity index (χ3v) is 6.57. The van der Waals surface area contributed by atoms with Crippen LogP contribution in [0.5, 0.6) is 0 Å². The van der Waals surface area contributed by atoms with Crippen LogP contribution in [0.3, 0.4) is 0 Å². The van der Waals surface area contributed by atoms with Crippen LogP contribution < -0.4 is 27.4 Å². The number of nitrogens with zero attached hydrogens (tertiary/aromatic N) is 2. The highest BCUT2D eigenvalue weighted by molar-refractivity contribution is 5.96. The van der Waals surface area contributed by atoms with Crippen LogP contribution >= 0.6 is 0 Å². The Morgan fingerprint density at radius 1 is 1.27 bits per heavy atom. The molecule has 156 valence electrons. The molecule has 7 N–H and O–H groups in total. The van der Waals surface area contributed by atoms with Crippen molar-refractivity contribution >= 4 is 35.0 Å². The lowest BCUT2D eigenvalue weighted by Crippen LogP contribution is -2.29. The van der Waals surface area contributed by atoms with Gasteiger partial charge in [0.25, 0.3) is 5.91 Å². The number of fused-ring (bicyclic) bond motifs is 1. The maximum absolute atomic E-state index is 11.9. The minimum Gasteiger partial charge on any atom is -0.381 e. The fourth-order valence-corrected chi connectivity index (χ4v) is 4.65. The number of primary amides is 1. The van der Waals surface area contributed by atoms with Gasteiger partial charge in [0.05, 0.1) is 6.20 Å². The standard InChI is InChI=1S/C22H27N7O/c23-14-5-7-22(8-6-14)11-17(22)28-18-12-26-19(20(24)30)21(29-18)27-15-3-4-16-13(10-15)2-1-9-25-16/h1-4,10,12,14,17,25H,5-9,11,23H2,(H2,24,30)(H2,27,28,29). The number of rotatable bonds is 5. The van der Waals surface area contributed by atoms with E-state index in [2.05, 4.69) is 38.1 Å². The minimum absolute atomic E-state index is 0.126. The monoisotopic (exact) mass is 405 g/mol. The second-order valence-electron chi connectivity index (χ2n) is 8.63. The molecule has 8 heteroatoms. The Labute approximate surface area is 175 Å². The summed E-state index contributed by atoms with van der Waals surface area (Å²) in [5, 5.41) is 10.0. The molecular weight excluding hydrogens is 378 g/mol. The maximum atomic E-state index is 11.9. The van der Waals surface area contributed by atoms with E-state index in [-0.39, 0.29) is 5.69 Å². The van der Waals surface area contributed by atoms with E-state index < -0.39 is 5.91 Å². The van der Waals surface area contributed by atoms with Gasteiger partial charge in [-0.25, -0.2) is 9.97 Å². The quantitative estimate of drug-likeness (QED) is 0.517. The van der Waals surface area contributed by atoms with Crippen LogP contribution in [0.2, 0.25) is 0 Å². The van der Waals surface area contributed by atoms with Crippen molar-refractivity contribution in [3.05, 3.63) is 41.7 Å². The summed E-state index contributed by atoms with van der Waals surface area (Å²) in [6.45, 7) is 0.819. The largest absolute Gasteiger partial charge is 0.381 e. The number of nitrogens with one attached hydrogen (secondary N) is 3. The summed E-state index contributed by atoms with van der Waals surface area (Å²) in [5.74, 6) is 0.402. The Bertz CT molecular complexity index is 1010. The Hall–Kier alpha value is -3.13. The Balaban J connectivity index is 1.35. The molecule has 1 atom stereocenters. The van der Waals surface area contributed by atoms with Crippen LogP contribution in [0.25, 0.3) is 6.08 Å². The zero-order valence-electron chi connectivity index (χ0n) is 16.8. The first-order valence-corrected chi connectivity index (χ1v) is 10.5. The van der Waals surface area contributed by atoms with Crippen LogP contribution in [-0.2, 0) is 0 Å². The lowest BCUT2D eigenvalue weighted by molar-refractivity contribution is 0.0996. The summed E-state index contributed by atoms with van der Waals surface area (Å²) in [6.07, 6.45) is 11.3. The van der Waals surface area contributed by atoms with Gasteiger partial charge in [-0.3, -0.25) is 4.79 Å². The summed E-state index contributed by atoms with van der Waals surface area (Å²) in [4.78, 5) is 20.8. The highest BCUT2D eigenvalue weighted by Gasteiger charge is 2.54. The molecule has 2 saturated carbocycles. The molecule has 0 saturated heterocycles. The van der Waals surface area contributed by atoms with E-state index in [1.54, 1.807) is 6.20 Å². The second-order valence-corrected chi connectivity index (χ2v) is 8.63. The molecule has 30 heavy (non-hydrogen) atoms. The zero-order chi connectivity index (χ0) is 20.7. The molecule has 0 bridgehead atoms. The number of carbonyl (C=O) groups is 1. The van der Waals surface area contributed by atoms with Crippen molar-refractivity contribution in [2.45, 2.75) is 44.2 Å². The fourth-order valence-electron chi connectivity index (χ4n) is 4.65. The van der Waals surface area contributed by atoms with Gasteiger partial charge in [-0.15, -0.1) is 0 Å². The van der Waals surface area contributed by atoms with Gasteiger partial charge >= 0.3 is 0 Å². The fraction of sp³-hybridized carbons (Fsp3) is 0.409. The van der Waals surface area contributed by atoms with E-state index in [4.69, 9.17) is 11.5 Å². The molecule has 2 aliphatic carbocycles. The molecular formula is C22H27N7O. The average molecular weight is 406 g/mol. The van der Waals surface area contributed by atoms with Crippen molar-refractivity contribution in [2.24, 2.45) is 16.9 Å². The highest BCUT2D eigenvalue weighted by atomic mass is 16.1. The SMILES string of the molecule is NC(=O)c1ncc(NC2CC23CCC(N)CC3)nc1Nc1ccc2c(c1)C=CCN2. The van der Waals surface area contributed by atoms with E-state index >= 15 is 0 Å². The van der Waals surface area contributed by atoms with Gasteiger partial charge in [0, 0.05) is 30.0 Å². The van der Waals surface area contributed by atoms with Crippen LogP contribution in [-0.4, -0.2) is 34.5 Å². The molecule has 2 fully saturated rings. The summed E-state index contributed by atoms with van der Waals surface area (Å²) in [7, 11) is 0. The van der Waals surface area contributed by atoms with Gasteiger partial charge in [0.1, 0.15) is 5.82 Å². The maximum Gasteiger partial charge on any atom is 0.271 e. The molecule has 5 rings (SSSR count). The minimum atomic E-state index is -0.611. The average Bonchev–Trinajstić information content (AvgIpc) is 3.41. The highest BCUT2D eigenvalue weighted by Crippen LogP contribution is 2.57. The lowest BCUT2D eigenvalue weighted by Gasteiger charge is -2.27. The molecule has 1 unspecified atom stereocenters. The predicted molar refractivity (Wildman–Crippen MR) is 119 cm³/mol.